The summed E-state index contributed by atoms with van der Waals surface area (Å²) in [4.78, 5) is 14.9. The van der Waals surface area contributed by atoms with Crippen LogP contribution in [0.25, 0.3) is 0 Å². The summed E-state index contributed by atoms with van der Waals surface area (Å²) in [7, 11) is 2.06. The highest BCUT2D eigenvalue weighted by molar-refractivity contribution is 5.82. The molecule has 3 rings (SSSR count). The summed E-state index contributed by atoms with van der Waals surface area (Å²) in [6, 6.07) is 0.607. The predicted molar refractivity (Wildman–Crippen MR) is 76.8 cm³/mol. The monoisotopic (exact) mass is 264 g/mol. The molecule has 0 aromatic rings. The van der Waals surface area contributed by atoms with Gasteiger partial charge in [0.25, 0.3) is 0 Å². The zero-order valence-electron chi connectivity index (χ0n) is 12.4. The molecule has 19 heavy (non-hydrogen) atoms. The maximum Gasteiger partial charge on any atom is 0.226 e. The van der Waals surface area contributed by atoms with Crippen molar-refractivity contribution < 1.29 is 4.79 Å². The lowest BCUT2D eigenvalue weighted by atomic mass is 9.90. The third-order valence-corrected chi connectivity index (χ3v) is 5.88. The molecule has 3 fully saturated rings. The highest BCUT2D eigenvalue weighted by atomic mass is 16.2. The molecule has 1 heterocycles. The Morgan fingerprint density at radius 3 is 2.47 bits per heavy atom. The van der Waals surface area contributed by atoms with Crippen molar-refractivity contribution in [2.24, 2.45) is 23.7 Å². The van der Waals surface area contributed by atoms with Gasteiger partial charge in [-0.1, -0.05) is 26.2 Å². The van der Waals surface area contributed by atoms with Gasteiger partial charge in [-0.2, -0.15) is 0 Å². The summed E-state index contributed by atoms with van der Waals surface area (Å²) < 4.78 is 0. The van der Waals surface area contributed by atoms with Gasteiger partial charge in [0.15, 0.2) is 0 Å². The molecule has 0 aromatic carbocycles. The fourth-order valence-electron chi connectivity index (χ4n) is 4.60. The van der Waals surface area contributed by atoms with E-state index in [-0.39, 0.29) is 0 Å². The maximum atomic E-state index is 12.7. The molecule has 4 unspecified atom stereocenters. The largest absolute Gasteiger partial charge is 0.342 e. The summed E-state index contributed by atoms with van der Waals surface area (Å²) in [5, 5.41) is 3.42. The molecule has 0 bridgehead atoms. The Kier molecular flexibility index (Phi) is 3.84. The van der Waals surface area contributed by atoms with E-state index in [1.165, 1.54) is 32.1 Å². The van der Waals surface area contributed by atoms with Gasteiger partial charge in [-0.05, 0) is 44.1 Å². The van der Waals surface area contributed by atoms with Crippen molar-refractivity contribution in [2.75, 3.05) is 20.1 Å². The van der Waals surface area contributed by atoms with Crippen LogP contribution in [-0.4, -0.2) is 37.0 Å². The molecule has 2 aliphatic carbocycles. The van der Waals surface area contributed by atoms with Crippen molar-refractivity contribution in [3.05, 3.63) is 0 Å². The zero-order chi connectivity index (χ0) is 13.4. The van der Waals surface area contributed by atoms with E-state index < -0.39 is 0 Å². The van der Waals surface area contributed by atoms with Crippen LogP contribution in [0.2, 0.25) is 0 Å². The average Bonchev–Trinajstić information content (AvgIpc) is 3.20. The summed E-state index contributed by atoms with van der Waals surface area (Å²) >= 11 is 0. The number of nitrogens with zero attached hydrogens (tertiary/aromatic N) is 1. The Bertz CT molecular complexity index is 332. The van der Waals surface area contributed by atoms with E-state index in [2.05, 4.69) is 24.2 Å². The molecule has 2 saturated carbocycles. The number of fused-ring (bicyclic) bond motifs is 1. The second kappa shape index (κ2) is 5.43. The molecule has 1 saturated heterocycles. The van der Waals surface area contributed by atoms with Crippen molar-refractivity contribution >= 4 is 5.91 Å². The Morgan fingerprint density at radius 2 is 1.89 bits per heavy atom. The first-order valence-electron chi connectivity index (χ1n) is 8.22. The minimum Gasteiger partial charge on any atom is -0.342 e. The highest BCUT2D eigenvalue weighted by Gasteiger charge is 2.56. The molecule has 3 heteroatoms. The van der Waals surface area contributed by atoms with Gasteiger partial charge in [0.05, 0.1) is 0 Å². The van der Waals surface area contributed by atoms with Crippen LogP contribution in [0.3, 0.4) is 0 Å². The molecule has 1 amide bonds. The Hall–Kier alpha value is -0.570. The van der Waals surface area contributed by atoms with Crippen LogP contribution in [0.4, 0.5) is 0 Å². The predicted octanol–water partition coefficient (Wildman–Crippen LogP) is 2.27. The third-order valence-electron chi connectivity index (χ3n) is 5.88. The standard InChI is InChI=1S/C16H28N2O/c1-3-11-10-18(9-8-14(11)17-2)16(19)15-12-6-4-5-7-13(12)15/h11-15,17H,3-10H2,1-2H3. The Balaban J connectivity index is 1.59. The Labute approximate surface area is 117 Å². The second-order valence-corrected chi connectivity index (χ2v) is 6.77. The van der Waals surface area contributed by atoms with Crippen molar-refractivity contribution in [3.63, 3.8) is 0 Å². The van der Waals surface area contributed by atoms with Gasteiger partial charge in [0.1, 0.15) is 0 Å². The number of rotatable bonds is 3. The average molecular weight is 264 g/mol. The van der Waals surface area contributed by atoms with Crippen LogP contribution < -0.4 is 5.32 Å². The van der Waals surface area contributed by atoms with E-state index >= 15 is 0 Å². The molecule has 1 aliphatic heterocycles. The SMILES string of the molecule is CCC1CN(C(=O)C2C3CCCCC32)CCC1NC. The first kappa shape index (κ1) is 13.4. The Morgan fingerprint density at radius 1 is 1.21 bits per heavy atom. The smallest absolute Gasteiger partial charge is 0.226 e. The van der Waals surface area contributed by atoms with Crippen LogP contribution in [0.5, 0.6) is 0 Å². The molecule has 0 spiro atoms. The number of likely N-dealkylation sites (tertiary alicyclic amines) is 1. The van der Waals surface area contributed by atoms with E-state index in [1.807, 2.05) is 0 Å². The lowest BCUT2D eigenvalue weighted by Crippen LogP contribution is -2.50. The van der Waals surface area contributed by atoms with Gasteiger partial charge >= 0.3 is 0 Å². The van der Waals surface area contributed by atoms with Gasteiger partial charge in [0.2, 0.25) is 5.91 Å². The maximum absolute atomic E-state index is 12.7. The molecule has 1 N–H and O–H groups in total. The molecule has 0 radical (unpaired) electrons. The van der Waals surface area contributed by atoms with Gasteiger partial charge in [-0.3, -0.25) is 4.79 Å². The number of amides is 1. The van der Waals surface area contributed by atoms with Crippen LogP contribution >= 0.6 is 0 Å². The van der Waals surface area contributed by atoms with Crippen LogP contribution in [-0.2, 0) is 4.79 Å². The molecule has 3 nitrogen and oxygen atoms in total. The number of carbonyl (C=O) groups is 1. The van der Waals surface area contributed by atoms with Gasteiger partial charge in [0, 0.05) is 25.0 Å². The number of piperidine rings is 1. The number of carbonyl (C=O) groups excluding carboxylic acids is 1. The van der Waals surface area contributed by atoms with Gasteiger partial charge < -0.3 is 10.2 Å². The van der Waals surface area contributed by atoms with Gasteiger partial charge in [-0.15, -0.1) is 0 Å². The third kappa shape index (κ3) is 2.42. The number of nitrogens with one attached hydrogen (secondary N) is 1. The first-order valence-corrected chi connectivity index (χ1v) is 8.22. The minimum absolute atomic E-state index is 0.408. The van der Waals surface area contributed by atoms with Crippen LogP contribution in [0, 0.1) is 23.7 Å². The van der Waals surface area contributed by atoms with E-state index in [1.54, 1.807) is 0 Å². The molecular weight excluding hydrogens is 236 g/mol. The normalized spacial score (nSPS) is 41.8. The fourth-order valence-corrected chi connectivity index (χ4v) is 4.60. The van der Waals surface area contributed by atoms with Crippen LogP contribution in [0.1, 0.15) is 45.4 Å². The first-order chi connectivity index (χ1) is 9.26. The second-order valence-electron chi connectivity index (χ2n) is 6.77. The van der Waals surface area contributed by atoms with E-state index in [9.17, 15) is 4.79 Å². The zero-order valence-corrected chi connectivity index (χ0v) is 12.4. The molecule has 3 aliphatic rings. The number of hydrogen-bond donors (Lipinski definition) is 1. The molecular formula is C16H28N2O. The number of hydrogen-bond acceptors (Lipinski definition) is 2. The van der Waals surface area contributed by atoms with E-state index in [4.69, 9.17) is 0 Å². The topological polar surface area (TPSA) is 32.3 Å². The van der Waals surface area contributed by atoms with Crippen LogP contribution in [0.15, 0.2) is 0 Å². The highest BCUT2D eigenvalue weighted by Crippen LogP contribution is 2.56. The summed E-state index contributed by atoms with van der Waals surface area (Å²) in [5.74, 6) is 3.05. The van der Waals surface area contributed by atoms with Crippen molar-refractivity contribution in [3.8, 4) is 0 Å². The fraction of sp³-hybridized carbons (Fsp3) is 0.938. The quantitative estimate of drug-likeness (QED) is 0.848. The molecule has 0 aromatic heterocycles. The van der Waals surface area contributed by atoms with Gasteiger partial charge in [-0.25, -0.2) is 0 Å². The lowest BCUT2D eigenvalue weighted by Gasteiger charge is -2.38. The van der Waals surface area contributed by atoms with Crippen molar-refractivity contribution in [1.82, 2.24) is 10.2 Å². The summed E-state index contributed by atoms with van der Waals surface area (Å²) in [5.41, 5.74) is 0. The summed E-state index contributed by atoms with van der Waals surface area (Å²) in [6.45, 7) is 4.20. The lowest BCUT2D eigenvalue weighted by molar-refractivity contribution is -0.135. The minimum atomic E-state index is 0.408. The van der Waals surface area contributed by atoms with E-state index in [0.29, 0.717) is 23.8 Å². The van der Waals surface area contributed by atoms with Crippen molar-refractivity contribution in [2.45, 2.75) is 51.5 Å². The molecule has 4 atom stereocenters. The summed E-state index contributed by atoms with van der Waals surface area (Å²) in [6.07, 6.45) is 7.63. The van der Waals surface area contributed by atoms with E-state index in [0.717, 1.165) is 31.3 Å². The van der Waals surface area contributed by atoms with Crippen molar-refractivity contribution in [1.29, 1.82) is 0 Å². The molecule has 108 valence electrons.